The zero-order chi connectivity index (χ0) is 9.84. The molecule has 0 spiro atoms. The van der Waals surface area contributed by atoms with E-state index in [-0.39, 0.29) is 24.8 Å². The van der Waals surface area contributed by atoms with E-state index in [9.17, 15) is 0 Å². The van der Waals surface area contributed by atoms with E-state index in [0.29, 0.717) is 13.2 Å². The Hall–Kier alpha value is -0.630. The van der Waals surface area contributed by atoms with Crippen LogP contribution in [0.25, 0.3) is 0 Å². The van der Waals surface area contributed by atoms with Gasteiger partial charge in [0.15, 0.2) is 0 Å². The second-order valence-corrected chi connectivity index (χ2v) is 3.49. The number of nitrogens with zero attached hydrogens (tertiary/aromatic N) is 2. The Morgan fingerprint density at radius 1 is 1.77 bits per heavy atom. The first-order chi connectivity index (χ1) is 6.19. The summed E-state index contributed by atoms with van der Waals surface area (Å²) in [5, 5.41) is 17.7. The number of aliphatic hydroxyl groups is 1. The van der Waals surface area contributed by atoms with Gasteiger partial charge in [0.05, 0.1) is 31.4 Å². The molecule has 4 nitrogen and oxygen atoms in total. The lowest BCUT2D eigenvalue weighted by atomic mass is 10.1. The lowest BCUT2D eigenvalue weighted by Crippen LogP contribution is -2.52. The van der Waals surface area contributed by atoms with Crippen LogP contribution in [-0.2, 0) is 4.74 Å². The molecule has 3 unspecified atom stereocenters. The fourth-order valence-electron chi connectivity index (χ4n) is 1.56. The molecule has 0 aliphatic carbocycles. The summed E-state index contributed by atoms with van der Waals surface area (Å²) in [6, 6.07) is 2.36. The molecule has 0 aromatic rings. The summed E-state index contributed by atoms with van der Waals surface area (Å²) in [4.78, 5) is 2.06. The molecule has 1 aliphatic rings. The van der Waals surface area contributed by atoms with E-state index in [1.54, 1.807) is 0 Å². The summed E-state index contributed by atoms with van der Waals surface area (Å²) in [5.74, 6) is 0. The molecule has 3 atom stereocenters. The van der Waals surface area contributed by atoms with Gasteiger partial charge in [-0.1, -0.05) is 0 Å². The maximum atomic E-state index is 8.91. The van der Waals surface area contributed by atoms with Crippen LogP contribution in [0.2, 0.25) is 0 Å². The first kappa shape index (κ1) is 10.5. The minimum Gasteiger partial charge on any atom is -0.394 e. The Kier molecular flexibility index (Phi) is 3.67. The van der Waals surface area contributed by atoms with Crippen molar-refractivity contribution in [2.24, 2.45) is 0 Å². The maximum absolute atomic E-state index is 8.91. The van der Waals surface area contributed by atoms with Crippen LogP contribution in [0.1, 0.15) is 13.8 Å². The molecule has 0 radical (unpaired) electrons. The molecular weight excluding hydrogens is 168 g/mol. The predicted molar refractivity (Wildman–Crippen MR) is 48.1 cm³/mol. The Morgan fingerprint density at radius 2 is 2.46 bits per heavy atom. The number of aliphatic hydroxyl groups excluding tert-OH is 1. The van der Waals surface area contributed by atoms with Crippen LogP contribution in [0.5, 0.6) is 0 Å². The largest absolute Gasteiger partial charge is 0.394 e. The van der Waals surface area contributed by atoms with E-state index in [1.807, 2.05) is 13.8 Å². The third-order valence-electron chi connectivity index (χ3n) is 2.44. The lowest BCUT2D eigenvalue weighted by Gasteiger charge is -2.38. The van der Waals surface area contributed by atoms with E-state index < -0.39 is 0 Å². The topological polar surface area (TPSA) is 56.5 Å². The minimum atomic E-state index is -0.132. The van der Waals surface area contributed by atoms with E-state index in [0.717, 1.165) is 0 Å². The SMILES string of the molecule is CC(C#N)N1CC(CO)OCC1C. The molecular formula is C9H16N2O2. The van der Waals surface area contributed by atoms with Crippen molar-refractivity contribution in [3.8, 4) is 6.07 Å². The van der Waals surface area contributed by atoms with Gasteiger partial charge in [-0.3, -0.25) is 4.90 Å². The highest BCUT2D eigenvalue weighted by molar-refractivity contribution is 4.92. The monoisotopic (exact) mass is 184 g/mol. The van der Waals surface area contributed by atoms with Crippen LogP contribution in [0, 0.1) is 11.3 Å². The number of rotatable bonds is 2. The van der Waals surface area contributed by atoms with Crippen molar-refractivity contribution in [2.45, 2.75) is 32.0 Å². The Balaban J connectivity index is 2.55. The quantitative estimate of drug-likeness (QED) is 0.655. The van der Waals surface area contributed by atoms with Crippen molar-refractivity contribution in [2.75, 3.05) is 19.8 Å². The number of hydrogen-bond acceptors (Lipinski definition) is 4. The summed E-state index contributed by atoms with van der Waals surface area (Å²) in [5.41, 5.74) is 0. The van der Waals surface area contributed by atoms with Gasteiger partial charge >= 0.3 is 0 Å². The zero-order valence-electron chi connectivity index (χ0n) is 8.10. The van der Waals surface area contributed by atoms with Gasteiger partial charge in [0.2, 0.25) is 0 Å². The zero-order valence-corrected chi connectivity index (χ0v) is 8.10. The first-order valence-electron chi connectivity index (χ1n) is 4.56. The highest BCUT2D eigenvalue weighted by atomic mass is 16.5. The second-order valence-electron chi connectivity index (χ2n) is 3.49. The summed E-state index contributed by atoms with van der Waals surface area (Å²) in [6.45, 7) is 5.17. The van der Waals surface area contributed by atoms with Crippen LogP contribution in [0.4, 0.5) is 0 Å². The smallest absolute Gasteiger partial charge is 0.0953 e. The van der Waals surface area contributed by atoms with Gasteiger partial charge in [0, 0.05) is 12.6 Å². The molecule has 1 rings (SSSR count). The molecule has 4 heteroatoms. The molecule has 0 amide bonds. The maximum Gasteiger partial charge on any atom is 0.0953 e. The summed E-state index contributed by atoms with van der Waals surface area (Å²) >= 11 is 0. The Labute approximate surface area is 78.7 Å². The second kappa shape index (κ2) is 4.56. The summed E-state index contributed by atoms with van der Waals surface area (Å²) < 4.78 is 5.36. The third-order valence-corrected chi connectivity index (χ3v) is 2.44. The van der Waals surface area contributed by atoms with Gasteiger partial charge in [0.25, 0.3) is 0 Å². The van der Waals surface area contributed by atoms with Gasteiger partial charge in [-0.25, -0.2) is 0 Å². The van der Waals surface area contributed by atoms with Gasteiger partial charge in [-0.15, -0.1) is 0 Å². The molecule has 13 heavy (non-hydrogen) atoms. The molecule has 0 bridgehead atoms. The van der Waals surface area contributed by atoms with Crippen LogP contribution >= 0.6 is 0 Å². The minimum absolute atomic E-state index is 0.0291. The van der Waals surface area contributed by atoms with Crippen LogP contribution in [0.3, 0.4) is 0 Å². The molecule has 1 aliphatic heterocycles. The van der Waals surface area contributed by atoms with E-state index in [4.69, 9.17) is 15.1 Å². The average Bonchev–Trinajstić information content (AvgIpc) is 2.17. The molecule has 0 aromatic heterocycles. The highest BCUT2D eigenvalue weighted by Gasteiger charge is 2.28. The van der Waals surface area contributed by atoms with E-state index in [2.05, 4.69) is 11.0 Å². The number of nitriles is 1. The predicted octanol–water partition coefficient (Wildman–Crippen LogP) is -0.0199. The fourth-order valence-corrected chi connectivity index (χ4v) is 1.56. The summed E-state index contributed by atoms with van der Waals surface area (Å²) in [6.07, 6.45) is -0.132. The van der Waals surface area contributed by atoms with Gasteiger partial charge < -0.3 is 9.84 Å². The van der Waals surface area contributed by atoms with Gasteiger partial charge in [0.1, 0.15) is 0 Å². The molecule has 1 heterocycles. The van der Waals surface area contributed by atoms with Crippen molar-refractivity contribution < 1.29 is 9.84 Å². The van der Waals surface area contributed by atoms with Crippen molar-refractivity contribution in [1.29, 1.82) is 5.26 Å². The number of morpholine rings is 1. The van der Waals surface area contributed by atoms with E-state index >= 15 is 0 Å². The Morgan fingerprint density at radius 3 is 3.00 bits per heavy atom. The van der Waals surface area contributed by atoms with Crippen LogP contribution < -0.4 is 0 Å². The highest BCUT2D eigenvalue weighted by Crippen LogP contribution is 2.14. The van der Waals surface area contributed by atoms with Crippen LogP contribution in [-0.4, -0.2) is 48.0 Å². The number of hydrogen-bond donors (Lipinski definition) is 1. The number of ether oxygens (including phenoxy) is 1. The first-order valence-corrected chi connectivity index (χ1v) is 4.56. The van der Waals surface area contributed by atoms with Crippen molar-refractivity contribution >= 4 is 0 Å². The Bertz CT molecular complexity index is 202. The lowest BCUT2D eigenvalue weighted by molar-refractivity contribution is -0.0830. The third kappa shape index (κ3) is 2.41. The average molecular weight is 184 g/mol. The standard InChI is InChI=1S/C9H16N2O2/c1-7(3-10)11-4-9(5-12)13-6-8(11)2/h7-9,12H,4-6H2,1-2H3. The molecule has 1 fully saturated rings. The van der Waals surface area contributed by atoms with Crippen LogP contribution in [0.15, 0.2) is 0 Å². The normalized spacial score (nSPS) is 32.5. The van der Waals surface area contributed by atoms with Crippen molar-refractivity contribution in [3.63, 3.8) is 0 Å². The molecule has 1 N–H and O–H groups in total. The van der Waals surface area contributed by atoms with Crippen molar-refractivity contribution in [3.05, 3.63) is 0 Å². The summed E-state index contributed by atoms with van der Waals surface area (Å²) in [7, 11) is 0. The van der Waals surface area contributed by atoms with Gasteiger partial charge in [-0.05, 0) is 13.8 Å². The fraction of sp³-hybridized carbons (Fsp3) is 0.889. The molecule has 1 saturated heterocycles. The molecule has 74 valence electrons. The van der Waals surface area contributed by atoms with E-state index in [1.165, 1.54) is 0 Å². The molecule has 0 saturated carbocycles. The molecule has 0 aromatic carbocycles. The van der Waals surface area contributed by atoms with Crippen molar-refractivity contribution in [1.82, 2.24) is 4.90 Å². The van der Waals surface area contributed by atoms with Gasteiger partial charge in [-0.2, -0.15) is 5.26 Å².